The van der Waals surface area contributed by atoms with Gasteiger partial charge < -0.3 is 5.32 Å². The summed E-state index contributed by atoms with van der Waals surface area (Å²) in [6.45, 7) is 0.583. The maximum atomic E-state index is 12.6. The molecule has 1 aliphatic heterocycles. The van der Waals surface area contributed by atoms with Crippen LogP contribution in [0, 0.1) is 0 Å². The van der Waals surface area contributed by atoms with Crippen LogP contribution in [0.15, 0.2) is 29.2 Å². The van der Waals surface area contributed by atoms with Gasteiger partial charge in [-0.25, -0.2) is 8.42 Å². The van der Waals surface area contributed by atoms with Crippen LogP contribution >= 0.6 is 0 Å². The van der Waals surface area contributed by atoms with E-state index < -0.39 is 21.8 Å². The van der Waals surface area contributed by atoms with E-state index in [1.807, 2.05) is 0 Å². The van der Waals surface area contributed by atoms with Gasteiger partial charge >= 0.3 is 6.18 Å². The third-order valence-electron chi connectivity index (χ3n) is 3.36. The molecular formula is C12H15F3N2O2S. The predicted molar refractivity (Wildman–Crippen MR) is 67.7 cm³/mol. The molecule has 0 aromatic heterocycles. The summed E-state index contributed by atoms with van der Waals surface area (Å²) in [6.07, 6.45) is -3.90. The molecule has 1 fully saturated rings. The van der Waals surface area contributed by atoms with Gasteiger partial charge in [-0.3, -0.25) is 0 Å². The number of halogens is 3. The molecule has 1 atom stereocenters. The molecule has 0 radical (unpaired) electrons. The van der Waals surface area contributed by atoms with Crippen molar-refractivity contribution in [3.05, 3.63) is 29.8 Å². The molecular weight excluding hydrogens is 293 g/mol. The fraction of sp³-hybridized carbons (Fsp3) is 0.500. The highest BCUT2D eigenvalue weighted by Crippen LogP contribution is 2.31. The van der Waals surface area contributed by atoms with Crippen LogP contribution in [0.4, 0.5) is 13.2 Å². The van der Waals surface area contributed by atoms with Crippen molar-refractivity contribution < 1.29 is 21.6 Å². The summed E-state index contributed by atoms with van der Waals surface area (Å²) in [5, 5.41) is 2.97. The highest BCUT2D eigenvalue weighted by molar-refractivity contribution is 7.89. The largest absolute Gasteiger partial charge is 0.416 e. The maximum Gasteiger partial charge on any atom is 0.416 e. The summed E-state index contributed by atoms with van der Waals surface area (Å²) in [4.78, 5) is -0.316. The van der Waals surface area contributed by atoms with Crippen LogP contribution in [-0.2, 0) is 16.2 Å². The van der Waals surface area contributed by atoms with Crippen LogP contribution in [-0.4, -0.2) is 38.9 Å². The Bertz CT molecular complexity index is 587. The van der Waals surface area contributed by atoms with Crippen LogP contribution in [0.1, 0.15) is 12.0 Å². The summed E-state index contributed by atoms with van der Waals surface area (Å²) in [6, 6.07) is 3.88. The van der Waals surface area contributed by atoms with E-state index in [4.69, 9.17) is 0 Å². The Hall–Kier alpha value is -1.12. The second kappa shape index (κ2) is 5.34. The Morgan fingerprint density at radius 3 is 2.60 bits per heavy atom. The van der Waals surface area contributed by atoms with E-state index in [2.05, 4.69) is 5.32 Å². The average molecular weight is 308 g/mol. The normalized spacial score (nSPS) is 21.3. The highest BCUT2D eigenvalue weighted by atomic mass is 32.2. The molecule has 8 heteroatoms. The van der Waals surface area contributed by atoms with Crippen LogP contribution in [0.3, 0.4) is 0 Å². The third-order valence-corrected chi connectivity index (χ3v) is 5.22. The number of likely N-dealkylation sites (N-methyl/N-ethyl adjacent to an activating group) is 1. The SMILES string of the molecule is CNC1CCN(S(=O)(=O)c2cccc(C(F)(F)F)c2)C1. The molecule has 20 heavy (non-hydrogen) atoms. The van der Waals surface area contributed by atoms with Gasteiger partial charge in [0.15, 0.2) is 0 Å². The highest BCUT2D eigenvalue weighted by Gasteiger charge is 2.35. The number of alkyl halides is 3. The lowest BCUT2D eigenvalue weighted by Crippen LogP contribution is -2.33. The number of nitrogens with zero attached hydrogens (tertiary/aromatic N) is 1. The van der Waals surface area contributed by atoms with E-state index in [0.29, 0.717) is 19.0 Å². The van der Waals surface area contributed by atoms with Crippen LogP contribution in [0.25, 0.3) is 0 Å². The average Bonchev–Trinajstić information content (AvgIpc) is 2.87. The number of rotatable bonds is 3. The first-order valence-corrected chi connectivity index (χ1v) is 7.54. The molecule has 0 amide bonds. The minimum absolute atomic E-state index is 0.0376. The number of hydrogen-bond acceptors (Lipinski definition) is 3. The fourth-order valence-electron chi connectivity index (χ4n) is 2.16. The molecule has 0 spiro atoms. The molecule has 1 unspecified atom stereocenters. The van der Waals surface area contributed by atoms with Crippen molar-refractivity contribution in [2.24, 2.45) is 0 Å². The zero-order valence-corrected chi connectivity index (χ0v) is 11.6. The van der Waals surface area contributed by atoms with Gasteiger partial charge in [0, 0.05) is 19.1 Å². The topological polar surface area (TPSA) is 49.4 Å². The molecule has 0 saturated carbocycles. The Kier molecular flexibility index (Phi) is 4.08. The van der Waals surface area contributed by atoms with Gasteiger partial charge in [-0.05, 0) is 31.7 Å². The number of benzene rings is 1. The lowest BCUT2D eigenvalue weighted by Gasteiger charge is -2.17. The summed E-state index contributed by atoms with van der Waals surface area (Å²) in [5.41, 5.74) is -0.956. The second-order valence-corrected chi connectivity index (χ2v) is 6.60. The zero-order valence-electron chi connectivity index (χ0n) is 10.8. The molecule has 0 bridgehead atoms. The Morgan fingerprint density at radius 2 is 2.05 bits per heavy atom. The van der Waals surface area contributed by atoms with Crippen molar-refractivity contribution in [2.45, 2.75) is 23.5 Å². The Balaban J connectivity index is 2.31. The molecule has 1 saturated heterocycles. The number of hydrogen-bond donors (Lipinski definition) is 1. The predicted octanol–water partition coefficient (Wildman–Crippen LogP) is 1.69. The molecule has 1 aromatic carbocycles. The molecule has 2 rings (SSSR count). The first kappa shape index (κ1) is 15.3. The number of sulfonamides is 1. The molecule has 112 valence electrons. The van der Waals surface area contributed by atoms with Crippen molar-refractivity contribution >= 4 is 10.0 Å². The molecule has 1 aliphatic rings. The van der Waals surface area contributed by atoms with Crippen LogP contribution in [0.5, 0.6) is 0 Å². The summed E-state index contributed by atoms with van der Waals surface area (Å²) >= 11 is 0. The van der Waals surface area contributed by atoms with Gasteiger partial charge in [0.25, 0.3) is 0 Å². The van der Waals surface area contributed by atoms with Gasteiger partial charge in [0.1, 0.15) is 0 Å². The third kappa shape index (κ3) is 2.97. The van der Waals surface area contributed by atoms with E-state index in [0.717, 1.165) is 12.1 Å². The first-order valence-electron chi connectivity index (χ1n) is 6.10. The van der Waals surface area contributed by atoms with Crippen LogP contribution in [0.2, 0.25) is 0 Å². The summed E-state index contributed by atoms with van der Waals surface area (Å²) < 4.78 is 63.7. The van der Waals surface area contributed by atoms with Crippen molar-refractivity contribution in [3.63, 3.8) is 0 Å². The van der Waals surface area contributed by atoms with Gasteiger partial charge in [-0.15, -0.1) is 0 Å². The minimum atomic E-state index is -4.55. The lowest BCUT2D eigenvalue weighted by atomic mass is 10.2. The van der Waals surface area contributed by atoms with Crippen LogP contribution < -0.4 is 5.32 Å². The van der Waals surface area contributed by atoms with E-state index in [1.165, 1.54) is 10.4 Å². The van der Waals surface area contributed by atoms with Crippen molar-refractivity contribution in [1.82, 2.24) is 9.62 Å². The zero-order chi connectivity index (χ0) is 15.0. The molecule has 1 aromatic rings. The Morgan fingerprint density at radius 1 is 1.35 bits per heavy atom. The fourth-order valence-corrected chi connectivity index (χ4v) is 3.71. The Labute approximate surface area is 115 Å². The summed E-state index contributed by atoms with van der Waals surface area (Å²) in [5.74, 6) is 0. The van der Waals surface area contributed by atoms with E-state index in [-0.39, 0.29) is 17.5 Å². The van der Waals surface area contributed by atoms with Crippen molar-refractivity contribution in [3.8, 4) is 0 Å². The standard InChI is InChI=1S/C12H15F3N2O2S/c1-16-10-5-6-17(8-10)20(18,19)11-4-2-3-9(7-11)12(13,14)15/h2-4,7,10,16H,5-6,8H2,1H3. The van der Waals surface area contributed by atoms with Gasteiger partial charge in [0.05, 0.1) is 10.5 Å². The summed E-state index contributed by atoms with van der Waals surface area (Å²) in [7, 11) is -2.14. The molecule has 1 N–H and O–H groups in total. The van der Waals surface area contributed by atoms with Gasteiger partial charge in [-0.1, -0.05) is 6.07 Å². The van der Waals surface area contributed by atoms with E-state index >= 15 is 0 Å². The monoisotopic (exact) mass is 308 g/mol. The minimum Gasteiger partial charge on any atom is -0.316 e. The van der Waals surface area contributed by atoms with Gasteiger partial charge in [0.2, 0.25) is 10.0 Å². The molecule has 4 nitrogen and oxygen atoms in total. The van der Waals surface area contributed by atoms with E-state index in [9.17, 15) is 21.6 Å². The van der Waals surface area contributed by atoms with Crippen molar-refractivity contribution in [1.29, 1.82) is 0 Å². The first-order chi connectivity index (χ1) is 9.25. The second-order valence-electron chi connectivity index (χ2n) is 4.66. The maximum absolute atomic E-state index is 12.6. The molecule has 0 aliphatic carbocycles. The van der Waals surface area contributed by atoms with Gasteiger partial charge in [-0.2, -0.15) is 17.5 Å². The lowest BCUT2D eigenvalue weighted by molar-refractivity contribution is -0.137. The molecule has 1 heterocycles. The van der Waals surface area contributed by atoms with E-state index in [1.54, 1.807) is 7.05 Å². The smallest absolute Gasteiger partial charge is 0.316 e. The quantitative estimate of drug-likeness (QED) is 0.924. The number of nitrogens with one attached hydrogen (secondary N) is 1. The van der Waals surface area contributed by atoms with Crippen molar-refractivity contribution in [2.75, 3.05) is 20.1 Å².